The van der Waals surface area contributed by atoms with Crippen LogP contribution < -0.4 is 5.73 Å². The topological polar surface area (TPSA) is 107 Å². The lowest BCUT2D eigenvalue weighted by molar-refractivity contribution is -0.121. The normalized spacial score (nSPS) is 13.8. The van der Waals surface area contributed by atoms with E-state index >= 15 is 0 Å². The molecule has 5 nitrogen and oxygen atoms in total. The van der Waals surface area contributed by atoms with Crippen molar-refractivity contribution in [2.75, 3.05) is 0 Å². The van der Waals surface area contributed by atoms with Gasteiger partial charge in [-0.25, -0.2) is 0 Å². The van der Waals surface area contributed by atoms with E-state index in [0.29, 0.717) is 5.56 Å². The molecular formula is C12H14N2O3. The molecule has 1 aromatic rings. The number of rotatable bonds is 4. The highest BCUT2D eigenvalue weighted by Gasteiger charge is 2.22. The van der Waals surface area contributed by atoms with E-state index in [9.17, 15) is 15.0 Å². The van der Waals surface area contributed by atoms with E-state index in [1.807, 2.05) is 13.0 Å². The molecule has 1 rings (SSSR count). The number of carbonyl (C=O) groups is 1. The Labute approximate surface area is 99.1 Å². The Bertz CT molecular complexity index is 465. The highest BCUT2D eigenvalue weighted by atomic mass is 16.3. The van der Waals surface area contributed by atoms with Gasteiger partial charge in [0.2, 0.25) is 5.91 Å². The van der Waals surface area contributed by atoms with Crippen LogP contribution in [0.3, 0.4) is 0 Å². The molecule has 0 spiro atoms. The summed E-state index contributed by atoms with van der Waals surface area (Å²) in [5.74, 6) is -0.706. The maximum Gasteiger partial charge on any atom is 0.220 e. The van der Waals surface area contributed by atoms with Crippen LogP contribution in [0.15, 0.2) is 18.2 Å². The van der Waals surface area contributed by atoms with Crippen LogP contribution in [0.1, 0.15) is 29.2 Å². The number of aliphatic hydroxyl groups excluding tert-OH is 2. The van der Waals surface area contributed by atoms with Crippen molar-refractivity contribution in [1.29, 1.82) is 5.26 Å². The quantitative estimate of drug-likeness (QED) is 0.688. The molecule has 1 amide bonds. The number of primary amides is 1. The molecule has 0 saturated heterocycles. The average Bonchev–Trinajstić information content (AvgIpc) is 2.27. The second-order valence-corrected chi connectivity index (χ2v) is 3.89. The van der Waals surface area contributed by atoms with Gasteiger partial charge < -0.3 is 15.9 Å². The van der Waals surface area contributed by atoms with Crippen LogP contribution in [-0.4, -0.2) is 22.2 Å². The van der Waals surface area contributed by atoms with Crippen molar-refractivity contribution in [2.24, 2.45) is 5.73 Å². The zero-order chi connectivity index (χ0) is 13.0. The Morgan fingerprint density at radius 3 is 2.71 bits per heavy atom. The Kier molecular flexibility index (Phi) is 4.21. The largest absolute Gasteiger partial charge is 0.390 e. The van der Waals surface area contributed by atoms with Crippen molar-refractivity contribution < 1.29 is 15.0 Å². The standard InChI is InChI=1S/C12H14N2O3/c1-7-2-3-9(8(4-7)6-13)12(17)10(15)5-11(14)16/h2-4,10,12,15,17H,5H2,1H3,(H2,14,16). The van der Waals surface area contributed by atoms with Crippen molar-refractivity contribution >= 4 is 5.91 Å². The monoisotopic (exact) mass is 234 g/mol. The van der Waals surface area contributed by atoms with Crippen LogP contribution in [0, 0.1) is 18.3 Å². The Hall–Kier alpha value is -1.90. The van der Waals surface area contributed by atoms with Crippen LogP contribution in [-0.2, 0) is 4.79 Å². The minimum absolute atomic E-state index is 0.279. The summed E-state index contributed by atoms with van der Waals surface area (Å²) >= 11 is 0. The number of hydrogen-bond acceptors (Lipinski definition) is 4. The van der Waals surface area contributed by atoms with Gasteiger partial charge in [-0.05, 0) is 18.6 Å². The molecule has 4 N–H and O–H groups in total. The fourth-order valence-electron chi connectivity index (χ4n) is 1.55. The van der Waals surface area contributed by atoms with Gasteiger partial charge in [0.15, 0.2) is 0 Å². The number of nitrogens with zero attached hydrogens (tertiary/aromatic N) is 1. The highest BCUT2D eigenvalue weighted by molar-refractivity contribution is 5.74. The predicted molar refractivity (Wildman–Crippen MR) is 60.7 cm³/mol. The van der Waals surface area contributed by atoms with Crippen molar-refractivity contribution in [2.45, 2.75) is 25.6 Å². The summed E-state index contributed by atoms with van der Waals surface area (Å²) in [6.07, 6.45) is -2.94. The third-order valence-electron chi connectivity index (χ3n) is 2.42. The van der Waals surface area contributed by atoms with Crippen LogP contribution in [0.5, 0.6) is 0 Å². The van der Waals surface area contributed by atoms with Gasteiger partial charge in [-0.1, -0.05) is 12.1 Å². The molecule has 0 saturated carbocycles. The Morgan fingerprint density at radius 1 is 1.53 bits per heavy atom. The number of benzene rings is 1. The smallest absolute Gasteiger partial charge is 0.220 e. The molecule has 5 heteroatoms. The maximum absolute atomic E-state index is 10.6. The summed E-state index contributed by atoms with van der Waals surface area (Å²) in [6.45, 7) is 1.82. The minimum Gasteiger partial charge on any atom is -0.390 e. The van der Waals surface area contributed by atoms with Gasteiger partial charge in [-0.2, -0.15) is 5.26 Å². The van der Waals surface area contributed by atoms with Crippen LogP contribution in [0.25, 0.3) is 0 Å². The van der Waals surface area contributed by atoms with Gasteiger partial charge in [0.05, 0.1) is 24.2 Å². The van der Waals surface area contributed by atoms with Crippen molar-refractivity contribution in [3.8, 4) is 6.07 Å². The highest BCUT2D eigenvalue weighted by Crippen LogP contribution is 2.23. The Morgan fingerprint density at radius 2 is 2.18 bits per heavy atom. The number of nitrogens with two attached hydrogens (primary N) is 1. The zero-order valence-electron chi connectivity index (χ0n) is 9.42. The number of aryl methyl sites for hydroxylation is 1. The van der Waals surface area contributed by atoms with Gasteiger partial charge in [-0.15, -0.1) is 0 Å². The molecule has 0 radical (unpaired) electrons. The van der Waals surface area contributed by atoms with Gasteiger partial charge in [0, 0.05) is 5.56 Å². The number of carbonyl (C=O) groups excluding carboxylic acids is 1. The third kappa shape index (κ3) is 3.28. The molecular weight excluding hydrogens is 220 g/mol. The number of nitriles is 1. The SMILES string of the molecule is Cc1ccc(C(O)C(O)CC(N)=O)c(C#N)c1. The molecule has 0 aliphatic heterocycles. The van der Waals surface area contributed by atoms with E-state index < -0.39 is 18.1 Å². The van der Waals surface area contributed by atoms with Gasteiger partial charge in [0.1, 0.15) is 6.10 Å². The van der Waals surface area contributed by atoms with Crippen molar-refractivity contribution in [3.05, 3.63) is 34.9 Å². The summed E-state index contributed by atoms with van der Waals surface area (Å²) in [7, 11) is 0. The van der Waals surface area contributed by atoms with Crippen LogP contribution in [0.2, 0.25) is 0 Å². The molecule has 2 unspecified atom stereocenters. The molecule has 0 heterocycles. The fraction of sp³-hybridized carbons (Fsp3) is 0.333. The molecule has 0 aliphatic rings. The Balaban J connectivity index is 3.00. The molecule has 2 atom stereocenters. The number of amides is 1. The van der Waals surface area contributed by atoms with Gasteiger partial charge in [-0.3, -0.25) is 4.79 Å². The first-order chi connectivity index (χ1) is 7.95. The third-order valence-corrected chi connectivity index (χ3v) is 2.42. The lowest BCUT2D eigenvalue weighted by Crippen LogP contribution is -2.26. The van der Waals surface area contributed by atoms with Crippen LogP contribution >= 0.6 is 0 Å². The van der Waals surface area contributed by atoms with E-state index in [1.165, 1.54) is 0 Å². The fourth-order valence-corrected chi connectivity index (χ4v) is 1.55. The molecule has 17 heavy (non-hydrogen) atoms. The van der Waals surface area contributed by atoms with Crippen molar-refractivity contribution in [1.82, 2.24) is 0 Å². The summed E-state index contributed by atoms with van der Waals surface area (Å²) < 4.78 is 0. The lowest BCUT2D eigenvalue weighted by atomic mass is 9.96. The minimum atomic E-state index is -1.30. The maximum atomic E-state index is 10.6. The summed E-state index contributed by atoms with van der Waals surface area (Å²) in [6, 6.07) is 6.82. The van der Waals surface area contributed by atoms with Gasteiger partial charge >= 0.3 is 0 Å². The van der Waals surface area contributed by atoms with E-state index in [4.69, 9.17) is 11.0 Å². The molecule has 1 aromatic carbocycles. The molecule has 90 valence electrons. The summed E-state index contributed by atoms with van der Waals surface area (Å²) in [4.78, 5) is 10.6. The lowest BCUT2D eigenvalue weighted by Gasteiger charge is -2.18. The van der Waals surface area contributed by atoms with E-state index in [2.05, 4.69) is 0 Å². The second-order valence-electron chi connectivity index (χ2n) is 3.89. The van der Waals surface area contributed by atoms with Gasteiger partial charge in [0.25, 0.3) is 0 Å². The van der Waals surface area contributed by atoms with E-state index in [1.54, 1.807) is 18.2 Å². The summed E-state index contributed by atoms with van der Waals surface area (Å²) in [5.41, 5.74) is 6.38. The van der Waals surface area contributed by atoms with E-state index in [0.717, 1.165) is 5.56 Å². The number of aliphatic hydroxyl groups is 2. The first kappa shape index (κ1) is 13.2. The molecule has 0 bridgehead atoms. The first-order valence-electron chi connectivity index (χ1n) is 5.10. The second kappa shape index (κ2) is 5.43. The predicted octanol–water partition coefficient (Wildman–Crippen LogP) is 0.136. The molecule has 0 aromatic heterocycles. The summed E-state index contributed by atoms with van der Waals surface area (Å²) in [5, 5.41) is 28.3. The first-order valence-corrected chi connectivity index (χ1v) is 5.10. The van der Waals surface area contributed by atoms with E-state index in [-0.39, 0.29) is 12.0 Å². The molecule has 0 aliphatic carbocycles. The van der Waals surface area contributed by atoms with Crippen molar-refractivity contribution in [3.63, 3.8) is 0 Å². The zero-order valence-corrected chi connectivity index (χ0v) is 9.42. The average molecular weight is 234 g/mol. The molecule has 0 fully saturated rings. The number of hydrogen-bond donors (Lipinski definition) is 3. The van der Waals surface area contributed by atoms with Crippen LogP contribution in [0.4, 0.5) is 0 Å².